The summed E-state index contributed by atoms with van der Waals surface area (Å²) in [7, 11) is 0. The van der Waals surface area contributed by atoms with Crippen LogP contribution in [0, 0.1) is 11.8 Å². The summed E-state index contributed by atoms with van der Waals surface area (Å²) >= 11 is 9.01. The van der Waals surface area contributed by atoms with Crippen LogP contribution in [-0.2, 0) is 6.42 Å². The topological polar surface area (TPSA) is 0 Å². The standard InChI is InChI=1S/C12H12BrCl/c1-2-10-9-12(13)7-6-11(10)5-3-4-8-14/h6-7,9H,2,4,8H2,1H3. The molecule has 0 aromatic heterocycles. The molecule has 0 spiro atoms. The zero-order valence-corrected chi connectivity index (χ0v) is 10.5. The summed E-state index contributed by atoms with van der Waals surface area (Å²) < 4.78 is 1.11. The van der Waals surface area contributed by atoms with E-state index in [0.717, 1.165) is 22.9 Å². The molecule has 0 radical (unpaired) electrons. The van der Waals surface area contributed by atoms with E-state index in [4.69, 9.17) is 11.6 Å². The van der Waals surface area contributed by atoms with Gasteiger partial charge in [0.1, 0.15) is 0 Å². The van der Waals surface area contributed by atoms with E-state index in [1.807, 2.05) is 12.1 Å². The fourth-order valence-electron chi connectivity index (χ4n) is 1.18. The lowest BCUT2D eigenvalue weighted by Gasteiger charge is -2.01. The SMILES string of the molecule is CCc1cc(Br)ccc1C#CCCCl. The van der Waals surface area contributed by atoms with Crippen molar-refractivity contribution in [2.24, 2.45) is 0 Å². The summed E-state index contributed by atoms with van der Waals surface area (Å²) in [6.45, 7) is 2.13. The Morgan fingerprint density at radius 1 is 1.43 bits per heavy atom. The molecule has 0 N–H and O–H groups in total. The van der Waals surface area contributed by atoms with Gasteiger partial charge in [0.2, 0.25) is 0 Å². The first-order valence-corrected chi connectivity index (χ1v) is 5.94. The van der Waals surface area contributed by atoms with Crippen molar-refractivity contribution in [3.05, 3.63) is 33.8 Å². The van der Waals surface area contributed by atoms with Crippen molar-refractivity contribution in [2.45, 2.75) is 19.8 Å². The molecule has 0 aliphatic carbocycles. The van der Waals surface area contributed by atoms with Gasteiger partial charge in [-0.15, -0.1) is 11.6 Å². The fourth-order valence-corrected chi connectivity index (χ4v) is 1.68. The molecule has 2 heteroatoms. The van der Waals surface area contributed by atoms with Crippen LogP contribution in [0.15, 0.2) is 22.7 Å². The minimum atomic E-state index is 0.602. The van der Waals surface area contributed by atoms with Gasteiger partial charge in [-0.1, -0.05) is 34.7 Å². The molecule has 1 rings (SSSR count). The fraction of sp³-hybridized carbons (Fsp3) is 0.333. The molecular weight excluding hydrogens is 259 g/mol. The molecule has 0 aliphatic heterocycles. The Kier molecular flexibility index (Phi) is 5.07. The Labute approximate surface area is 98.8 Å². The summed E-state index contributed by atoms with van der Waals surface area (Å²) in [6, 6.07) is 6.18. The van der Waals surface area contributed by atoms with E-state index in [0.29, 0.717) is 5.88 Å². The summed E-state index contributed by atoms with van der Waals surface area (Å²) in [4.78, 5) is 0. The zero-order chi connectivity index (χ0) is 10.4. The van der Waals surface area contributed by atoms with E-state index >= 15 is 0 Å². The second kappa shape index (κ2) is 6.11. The molecule has 0 aliphatic rings. The number of hydrogen-bond acceptors (Lipinski definition) is 0. The molecule has 0 saturated heterocycles. The van der Waals surface area contributed by atoms with E-state index in [1.54, 1.807) is 0 Å². The lowest BCUT2D eigenvalue weighted by atomic mass is 10.1. The van der Waals surface area contributed by atoms with Crippen LogP contribution in [0.1, 0.15) is 24.5 Å². The van der Waals surface area contributed by atoms with Gasteiger partial charge in [-0.3, -0.25) is 0 Å². The third-order valence-corrected chi connectivity index (χ3v) is 2.57. The maximum Gasteiger partial charge on any atom is 0.0333 e. The Morgan fingerprint density at radius 2 is 2.21 bits per heavy atom. The Hall–Kier alpha value is -0.450. The largest absolute Gasteiger partial charge is 0.126 e. The molecule has 0 nitrogen and oxygen atoms in total. The van der Waals surface area contributed by atoms with Crippen molar-refractivity contribution >= 4 is 27.5 Å². The van der Waals surface area contributed by atoms with Gasteiger partial charge in [-0.25, -0.2) is 0 Å². The van der Waals surface area contributed by atoms with E-state index < -0.39 is 0 Å². The first-order chi connectivity index (χ1) is 6.77. The van der Waals surface area contributed by atoms with Gasteiger partial charge in [0.25, 0.3) is 0 Å². The van der Waals surface area contributed by atoms with Crippen molar-refractivity contribution in [3.63, 3.8) is 0 Å². The highest BCUT2D eigenvalue weighted by atomic mass is 79.9. The number of halogens is 2. The lowest BCUT2D eigenvalue weighted by Crippen LogP contribution is -1.87. The van der Waals surface area contributed by atoms with Crippen LogP contribution in [-0.4, -0.2) is 5.88 Å². The minimum absolute atomic E-state index is 0.602. The minimum Gasteiger partial charge on any atom is -0.126 e. The quantitative estimate of drug-likeness (QED) is 0.563. The van der Waals surface area contributed by atoms with E-state index in [-0.39, 0.29) is 0 Å². The molecule has 1 aromatic carbocycles. The van der Waals surface area contributed by atoms with Gasteiger partial charge in [-0.2, -0.15) is 0 Å². The second-order valence-corrected chi connectivity index (χ2v) is 4.19. The highest BCUT2D eigenvalue weighted by Gasteiger charge is 1.97. The number of benzene rings is 1. The number of rotatable bonds is 2. The van der Waals surface area contributed by atoms with Gasteiger partial charge in [0.15, 0.2) is 0 Å². The molecule has 74 valence electrons. The average molecular weight is 272 g/mol. The van der Waals surface area contributed by atoms with Gasteiger partial charge in [0, 0.05) is 22.3 Å². The van der Waals surface area contributed by atoms with E-state index in [1.165, 1.54) is 5.56 Å². The van der Waals surface area contributed by atoms with Crippen molar-refractivity contribution in [2.75, 3.05) is 5.88 Å². The van der Waals surface area contributed by atoms with Crippen LogP contribution in [0.5, 0.6) is 0 Å². The van der Waals surface area contributed by atoms with Crippen molar-refractivity contribution < 1.29 is 0 Å². The smallest absolute Gasteiger partial charge is 0.0333 e. The summed E-state index contributed by atoms with van der Waals surface area (Å²) in [5, 5.41) is 0. The first-order valence-electron chi connectivity index (χ1n) is 4.61. The van der Waals surface area contributed by atoms with Crippen molar-refractivity contribution in [1.29, 1.82) is 0 Å². The van der Waals surface area contributed by atoms with Crippen LogP contribution >= 0.6 is 27.5 Å². The lowest BCUT2D eigenvalue weighted by molar-refractivity contribution is 1.13. The van der Waals surface area contributed by atoms with Crippen molar-refractivity contribution in [1.82, 2.24) is 0 Å². The highest BCUT2D eigenvalue weighted by molar-refractivity contribution is 9.10. The molecule has 0 bridgehead atoms. The predicted molar refractivity (Wildman–Crippen MR) is 65.7 cm³/mol. The third-order valence-electron chi connectivity index (χ3n) is 1.89. The average Bonchev–Trinajstić information content (AvgIpc) is 2.20. The van der Waals surface area contributed by atoms with Gasteiger partial charge < -0.3 is 0 Å². The monoisotopic (exact) mass is 270 g/mol. The normalized spacial score (nSPS) is 9.36. The molecular formula is C12H12BrCl. The molecule has 0 atom stereocenters. The second-order valence-electron chi connectivity index (χ2n) is 2.90. The molecule has 14 heavy (non-hydrogen) atoms. The van der Waals surface area contributed by atoms with Crippen LogP contribution in [0.3, 0.4) is 0 Å². The zero-order valence-electron chi connectivity index (χ0n) is 8.11. The summed E-state index contributed by atoms with van der Waals surface area (Å²) in [6.07, 6.45) is 1.76. The third kappa shape index (κ3) is 3.36. The molecule has 0 saturated carbocycles. The van der Waals surface area contributed by atoms with E-state index in [9.17, 15) is 0 Å². The maximum atomic E-state index is 5.56. The number of alkyl halides is 1. The summed E-state index contributed by atoms with van der Waals surface area (Å²) in [5.41, 5.74) is 2.39. The molecule has 0 unspecified atom stereocenters. The first kappa shape index (κ1) is 11.6. The molecule has 0 amide bonds. The maximum absolute atomic E-state index is 5.56. The highest BCUT2D eigenvalue weighted by Crippen LogP contribution is 2.16. The summed E-state index contributed by atoms with van der Waals surface area (Å²) in [5.74, 6) is 6.79. The Bertz CT molecular complexity index is 360. The van der Waals surface area contributed by atoms with Crippen LogP contribution in [0.2, 0.25) is 0 Å². The molecule has 0 fully saturated rings. The van der Waals surface area contributed by atoms with Gasteiger partial charge >= 0.3 is 0 Å². The van der Waals surface area contributed by atoms with Gasteiger partial charge in [0.05, 0.1) is 0 Å². The van der Waals surface area contributed by atoms with Crippen LogP contribution in [0.4, 0.5) is 0 Å². The Morgan fingerprint density at radius 3 is 2.86 bits per heavy atom. The van der Waals surface area contributed by atoms with Crippen LogP contribution in [0.25, 0.3) is 0 Å². The number of hydrogen-bond donors (Lipinski definition) is 0. The van der Waals surface area contributed by atoms with Gasteiger partial charge in [-0.05, 0) is 30.2 Å². The predicted octanol–water partition coefficient (Wildman–Crippen LogP) is 3.99. The molecule has 1 aromatic rings. The molecule has 0 heterocycles. The van der Waals surface area contributed by atoms with E-state index in [2.05, 4.69) is 40.8 Å². The Balaban J connectivity index is 2.92. The van der Waals surface area contributed by atoms with Crippen LogP contribution < -0.4 is 0 Å². The number of aryl methyl sites for hydroxylation is 1. The van der Waals surface area contributed by atoms with Crippen molar-refractivity contribution in [3.8, 4) is 11.8 Å².